The van der Waals surface area contributed by atoms with Crippen LogP contribution in [0.25, 0.3) is 0 Å². The number of aliphatic imine (C=N–C) groups is 1. The molecule has 6 heteroatoms. The van der Waals surface area contributed by atoms with Crippen molar-refractivity contribution in [3.8, 4) is 5.75 Å². The Balaban J connectivity index is 0.00000288. The first-order valence-corrected chi connectivity index (χ1v) is 8.60. The quantitative estimate of drug-likeness (QED) is 0.384. The van der Waals surface area contributed by atoms with Crippen LogP contribution < -0.4 is 15.8 Å². The fourth-order valence-corrected chi connectivity index (χ4v) is 2.85. The molecule has 0 atom stereocenters. The molecule has 1 aromatic carbocycles. The maximum Gasteiger partial charge on any atom is 0.188 e. The van der Waals surface area contributed by atoms with E-state index in [4.69, 9.17) is 10.5 Å². The molecule has 1 aliphatic rings. The van der Waals surface area contributed by atoms with E-state index >= 15 is 0 Å². The highest BCUT2D eigenvalue weighted by atomic mass is 127. The molecule has 0 amide bonds. The largest absolute Gasteiger partial charge is 0.497 e. The van der Waals surface area contributed by atoms with Crippen LogP contribution in [0.5, 0.6) is 5.75 Å². The van der Waals surface area contributed by atoms with E-state index in [1.165, 1.54) is 18.4 Å². The minimum Gasteiger partial charge on any atom is -0.497 e. The maximum atomic E-state index is 5.85. The van der Waals surface area contributed by atoms with Gasteiger partial charge in [0.15, 0.2) is 5.96 Å². The Kier molecular flexibility index (Phi) is 10.1. The highest BCUT2D eigenvalue weighted by molar-refractivity contribution is 14.0. The number of nitrogens with one attached hydrogen (secondary N) is 1. The first-order valence-electron chi connectivity index (χ1n) is 8.60. The summed E-state index contributed by atoms with van der Waals surface area (Å²) in [7, 11) is 1.70. The summed E-state index contributed by atoms with van der Waals surface area (Å²) in [5.41, 5.74) is 7.19. The number of ether oxygens (including phenoxy) is 1. The van der Waals surface area contributed by atoms with E-state index in [2.05, 4.69) is 34.3 Å². The smallest absolute Gasteiger partial charge is 0.188 e. The Morgan fingerprint density at radius 2 is 1.96 bits per heavy atom. The molecule has 1 aliphatic heterocycles. The number of benzene rings is 1. The molecule has 2 rings (SSSR count). The zero-order valence-corrected chi connectivity index (χ0v) is 17.2. The first kappa shape index (κ1) is 21.0. The Hall–Kier alpha value is -1.02. The van der Waals surface area contributed by atoms with Gasteiger partial charge in [-0.3, -0.25) is 9.89 Å². The number of methoxy groups -OCH3 is 1. The number of likely N-dealkylation sites (tertiary alicyclic amines) is 1. The van der Waals surface area contributed by atoms with Crippen LogP contribution in [0.15, 0.2) is 29.3 Å². The molecule has 5 nitrogen and oxygen atoms in total. The summed E-state index contributed by atoms with van der Waals surface area (Å²) in [6.45, 7) is 7.15. The molecular weight excluding hydrogens is 415 g/mol. The molecule has 24 heavy (non-hydrogen) atoms. The van der Waals surface area contributed by atoms with Gasteiger partial charge in [-0.1, -0.05) is 19.1 Å². The summed E-state index contributed by atoms with van der Waals surface area (Å²) >= 11 is 0. The SMILES string of the molecule is CCCNC(N)=NCC1CCN(Cc2ccc(OC)cc2)CC1.I. The highest BCUT2D eigenvalue weighted by Crippen LogP contribution is 2.20. The lowest BCUT2D eigenvalue weighted by Crippen LogP contribution is -2.36. The Bertz CT molecular complexity index is 484. The monoisotopic (exact) mass is 446 g/mol. The molecule has 0 aliphatic carbocycles. The van der Waals surface area contributed by atoms with E-state index in [1.54, 1.807) is 7.11 Å². The lowest BCUT2D eigenvalue weighted by Gasteiger charge is -2.31. The Labute approximate surface area is 163 Å². The molecule has 136 valence electrons. The average molecular weight is 446 g/mol. The second kappa shape index (κ2) is 11.5. The van der Waals surface area contributed by atoms with Gasteiger partial charge in [0.05, 0.1) is 7.11 Å². The predicted molar refractivity (Wildman–Crippen MR) is 111 cm³/mol. The molecule has 1 heterocycles. The van der Waals surface area contributed by atoms with Crippen LogP contribution in [0.4, 0.5) is 0 Å². The number of nitrogens with zero attached hydrogens (tertiary/aromatic N) is 2. The zero-order chi connectivity index (χ0) is 16.5. The topological polar surface area (TPSA) is 62.9 Å². The minimum atomic E-state index is 0. The number of halogens is 1. The van der Waals surface area contributed by atoms with Crippen LogP contribution in [0.1, 0.15) is 31.7 Å². The van der Waals surface area contributed by atoms with Crippen molar-refractivity contribution >= 4 is 29.9 Å². The number of rotatable bonds is 7. The summed E-state index contributed by atoms with van der Waals surface area (Å²) in [5.74, 6) is 2.16. The van der Waals surface area contributed by atoms with Crippen molar-refractivity contribution in [2.45, 2.75) is 32.7 Å². The maximum absolute atomic E-state index is 5.85. The third-order valence-electron chi connectivity index (χ3n) is 4.35. The second-order valence-corrected chi connectivity index (χ2v) is 6.22. The van der Waals surface area contributed by atoms with Crippen molar-refractivity contribution in [2.24, 2.45) is 16.6 Å². The van der Waals surface area contributed by atoms with Crippen LogP contribution in [-0.4, -0.2) is 44.1 Å². The van der Waals surface area contributed by atoms with Gasteiger partial charge in [-0.2, -0.15) is 0 Å². The summed E-state index contributed by atoms with van der Waals surface area (Å²) < 4.78 is 5.20. The van der Waals surface area contributed by atoms with Gasteiger partial charge >= 0.3 is 0 Å². The van der Waals surface area contributed by atoms with Crippen LogP contribution >= 0.6 is 24.0 Å². The molecule has 0 saturated carbocycles. The van der Waals surface area contributed by atoms with Crippen molar-refractivity contribution in [1.29, 1.82) is 0 Å². The fraction of sp³-hybridized carbons (Fsp3) is 0.611. The van der Waals surface area contributed by atoms with Crippen molar-refractivity contribution in [3.63, 3.8) is 0 Å². The number of guanidine groups is 1. The van der Waals surface area contributed by atoms with E-state index in [-0.39, 0.29) is 24.0 Å². The molecule has 0 spiro atoms. The molecule has 1 aromatic rings. The van der Waals surface area contributed by atoms with Crippen molar-refractivity contribution in [2.75, 3.05) is 33.3 Å². The van der Waals surface area contributed by atoms with E-state index in [1.807, 2.05) is 12.1 Å². The molecule has 0 unspecified atom stereocenters. The van der Waals surface area contributed by atoms with Gasteiger partial charge in [0.25, 0.3) is 0 Å². The van der Waals surface area contributed by atoms with Gasteiger partial charge in [0.1, 0.15) is 5.75 Å². The Morgan fingerprint density at radius 1 is 1.29 bits per heavy atom. The fourth-order valence-electron chi connectivity index (χ4n) is 2.85. The normalized spacial score (nSPS) is 16.5. The first-order chi connectivity index (χ1) is 11.2. The van der Waals surface area contributed by atoms with Gasteiger partial charge in [0.2, 0.25) is 0 Å². The minimum absolute atomic E-state index is 0. The number of hydrogen-bond donors (Lipinski definition) is 2. The van der Waals surface area contributed by atoms with Crippen molar-refractivity contribution in [1.82, 2.24) is 10.2 Å². The van der Waals surface area contributed by atoms with E-state index in [9.17, 15) is 0 Å². The van der Waals surface area contributed by atoms with Gasteiger partial charge in [-0.15, -0.1) is 24.0 Å². The van der Waals surface area contributed by atoms with Crippen molar-refractivity contribution < 1.29 is 4.74 Å². The molecular formula is C18H31IN4O. The molecule has 1 saturated heterocycles. The second-order valence-electron chi connectivity index (χ2n) is 6.22. The molecule has 0 bridgehead atoms. The van der Waals surface area contributed by atoms with Gasteiger partial charge in [0, 0.05) is 19.6 Å². The Morgan fingerprint density at radius 3 is 2.54 bits per heavy atom. The van der Waals surface area contributed by atoms with Crippen LogP contribution in [-0.2, 0) is 6.54 Å². The number of piperidine rings is 1. The average Bonchev–Trinajstić information content (AvgIpc) is 2.60. The van der Waals surface area contributed by atoms with Crippen LogP contribution in [0.3, 0.4) is 0 Å². The van der Waals surface area contributed by atoms with E-state index < -0.39 is 0 Å². The summed E-state index contributed by atoms with van der Waals surface area (Å²) in [5, 5.41) is 3.13. The third kappa shape index (κ3) is 7.25. The standard InChI is InChI=1S/C18H30N4O.HI/c1-3-10-20-18(19)21-13-15-8-11-22(12-9-15)14-16-4-6-17(23-2)7-5-16;/h4-7,15H,3,8-14H2,1-2H3,(H3,19,20,21);1H. The lowest BCUT2D eigenvalue weighted by atomic mass is 9.96. The van der Waals surface area contributed by atoms with Gasteiger partial charge in [-0.05, 0) is 56.0 Å². The van der Waals surface area contributed by atoms with Gasteiger partial charge in [-0.25, -0.2) is 0 Å². The van der Waals surface area contributed by atoms with Crippen LogP contribution in [0, 0.1) is 5.92 Å². The summed E-state index contributed by atoms with van der Waals surface area (Å²) in [4.78, 5) is 6.98. The van der Waals surface area contributed by atoms with E-state index in [0.717, 1.165) is 44.9 Å². The molecule has 1 fully saturated rings. The molecule has 0 aromatic heterocycles. The van der Waals surface area contributed by atoms with Crippen LogP contribution in [0.2, 0.25) is 0 Å². The zero-order valence-electron chi connectivity index (χ0n) is 14.8. The summed E-state index contributed by atoms with van der Waals surface area (Å²) in [6, 6.07) is 8.36. The van der Waals surface area contributed by atoms with Gasteiger partial charge < -0.3 is 15.8 Å². The number of hydrogen-bond acceptors (Lipinski definition) is 3. The third-order valence-corrected chi connectivity index (χ3v) is 4.35. The molecule has 3 N–H and O–H groups in total. The lowest BCUT2D eigenvalue weighted by molar-refractivity contribution is 0.180. The highest BCUT2D eigenvalue weighted by Gasteiger charge is 2.19. The summed E-state index contributed by atoms with van der Waals surface area (Å²) in [6.07, 6.45) is 3.46. The molecule has 0 radical (unpaired) electrons. The predicted octanol–water partition coefficient (Wildman–Crippen LogP) is 2.84. The number of nitrogens with two attached hydrogens (primary N) is 1. The van der Waals surface area contributed by atoms with E-state index in [0.29, 0.717) is 11.9 Å². The van der Waals surface area contributed by atoms with Crippen molar-refractivity contribution in [3.05, 3.63) is 29.8 Å².